The van der Waals surface area contributed by atoms with Crippen LogP contribution in [-0.2, 0) is 0 Å². The predicted octanol–water partition coefficient (Wildman–Crippen LogP) is 0.344. The number of methoxy groups -OCH3 is 1. The number of nitriles is 1. The number of hydrogen-bond acceptors (Lipinski definition) is 7. The fourth-order valence-corrected chi connectivity index (χ4v) is 3.43. The number of hydrazine groups is 1. The number of pyridine rings is 1. The number of guanidine groups is 1. The number of nitrogens with one attached hydrogen (secondary N) is 1. The van der Waals surface area contributed by atoms with Gasteiger partial charge in [0.1, 0.15) is 11.8 Å². The van der Waals surface area contributed by atoms with E-state index in [2.05, 4.69) is 21.5 Å². The van der Waals surface area contributed by atoms with Crippen molar-refractivity contribution in [3.05, 3.63) is 35.5 Å². The summed E-state index contributed by atoms with van der Waals surface area (Å²) in [6.45, 7) is 1.37. The molecule has 0 unspecified atom stereocenters. The van der Waals surface area contributed by atoms with Crippen molar-refractivity contribution in [1.29, 1.82) is 5.26 Å². The van der Waals surface area contributed by atoms with Crippen LogP contribution in [0.2, 0.25) is 0 Å². The zero-order valence-electron chi connectivity index (χ0n) is 16.4. The van der Waals surface area contributed by atoms with Gasteiger partial charge in [-0.15, -0.1) is 5.10 Å². The van der Waals surface area contributed by atoms with Gasteiger partial charge >= 0.3 is 0 Å². The van der Waals surface area contributed by atoms with Crippen molar-refractivity contribution < 1.29 is 9.53 Å². The summed E-state index contributed by atoms with van der Waals surface area (Å²) in [4.78, 5) is 19.0. The van der Waals surface area contributed by atoms with Crippen LogP contribution >= 0.6 is 0 Å². The van der Waals surface area contributed by atoms with Gasteiger partial charge in [-0.05, 0) is 25.0 Å². The zero-order valence-corrected chi connectivity index (χ0v) is 16.4. The smallest absolute Gasteiger partial charge is 0.253 e. The number of piperidine rings is 1. The van der Waals surface area contributed by atoms with E-state index in [0.29, 0.717) is 46.8 Å². The van der Waals surface area contributed by atoms with E-state index in [4.69, 9.17) is 16.4 Å². The third-order valence-electron chi connectivity index (χ3n) is 4.93. The van der Waals surface area contributed by atoms with Crippen LogP contribution in [0.25, 0.3) is 10.9 Å². The first-order chi connectivity index (χ1) is 14.0. The summed E-state index contributed by atoms with van der Waals surface area (Å²) >= 11 is 0. The first-order valence-electron chi connectivity index (χ1n) is 9.16. The first kappa shape index (κ1) is 20.2. The SMILES string of the molecule is COc1cc2ncc(C(=O)NC3CCN(/C(=N/N)N(C)N)CC3)cc2cc1C#N. The molecular formula is C19H24N8O2. The molecule has 5 N–H and O–H groups in total. The number of hydrogen-bond donors (Lipinski definition) is 3. The second-order valence-corrected chi connectivity index (χ2v) is 6.86. The van der Waals surface area contributed by atoms with Crippen LogP contribution in [0.1, 0.15) is 28.8 Å². The van der Waals surface area contributed by atoms with Gasteiger partial charge in [0, 0.05) is 43.8 Å². The number of carbonyl (C=O) groups excluding carboxylic acids is 1. The van der Waals surface area contributed by atoms with Crippen molar-refractivity contribution in [3.63, 3.8) is 0 Å². The molecule has 10 nitrogen and oxygen atoms in total. The van der Waals surface area contributed by atoms with Gasteiger partial charge in [0.05, 0.1) is 23.8 Å². The molecule has 152 valence electrons. The van der Waals surface area contributed by atoms with Crippen molar-refractivity contribution in [2.24, 2.45) is 16.8 Å². The molecule has 29 heavy (non-hydrogen) atoms. The highest BCUT2D eigenvalue weighted by molar-refractivity contribution is 5.97. The third-order valence-corrected chi connectivity index (χ3v) is 4.93. The van der Waals surface area contributed by atoms with Crippen molar-refractivity contribution in [1.82, 2.24) is 20.2 Å². The number of benzene rings is 1. The van der Waals surface area contributed by atoms with Crippen LogP contribution in [0, 0.1) is 11.3 Å². The molecular weight excluding hydrogens is 372 g/mol. The second kappa shape index (κ2) is 8.62. The molecule has 2 heterocycles. The molecule has 0 aliphatic carbocycles. The lowest BCUT2D eigenvalue weighted by molar-refractivity contribution is 0.0920. The van der Waals surface area contributed by atoms with E-state index < -0.39 is 0 Å². The Kier molecular flexibility index (Phi) is 5.99. The van der Waals surface area contributed by atoms with Crippen LogP contribution in [0.5, 0.6) is 5.75 Å². The number of rotatable bonds is 3. The summed E-state index contributed by atoms with van der Waals surface area (Å²) in [7, 11) is 3.18. The number of nitrogens with two attached hydrogens (primary N) is 2. The molecule has 1 saturated heterocycles. The Morgan fingerprint density at radius 3 is 2.72 bits per heavy atom. The van der Waals surface area contributed by atoms with E-state index in [1.165, 1.54) is 18.3 Å². The van der Waals surface area contributed by atoms with Gasteiger partial charge in [-0.3, -0.25) is 14.8 Å². The maximum absolute atomic E-state index is 12.7. The highest BCUT2D eigenvalue weighted by Gasteiger charge is 2.24. The fourth-order valence-electron chi connectivity index (χ4n) is 3.43. The summed E-state index contributed by atoms with van der Waals surface area (Å²) < 4.78 is 5.20. The molecule has 2 aromatic rings. The number of nitrogens with zero attached hydrogens (tertiary/aromatic N) is 5. The Bertz CT molecular complexity index is 974. The minimum Gasteiger partial charge on any atom is -0.495 e. The topological polar surface area (TPSA) is 146 Å². The number of fused-ring (bicyclic) bond motifs is 1. The van der Waals surface area contributed by atoms with Gasteiger partial charge in [0.25, 0.3) is 5.91 Å². The van der Waals surface area contributed by atoms with E-state index >= 15 is 0 Å². The van der Waals surface area contributed by atoms with Crippen LogP contribution in [0.4, 0.5) is 0 Å². The predicted molar refractivity (Wildman–Crippen MR) is 109 cm³/mol. The average molecular weight is 396 g/mol. The average Bonchev–Trinajstić information content (AvgIpc) is 2.73. The molecule has 0 spiro atoms. The molecule has 1 aliphatic rings. The van der Waals surface area contributed by atoms with Crippen molar-refractivity contribution in [2.45, 2.75) is 18.9 Å². The lowest BCUT2D eigenvalue weighted by Gasteiger charge is -2.35. The Hall–Kier alpha value is -3.58. The third kappa shape index (κ3) is 4.30. The quantitative estimate of drug-likeness (QED) is 0.291. The monoisotopic (exact) mass is 396 g/mol. The largest absolute Gasteiger partial charge is 0.495 e. The molecule has 1 amide bonds. The molecule has 0 radical (unpaired) electrons. The maximum atomic E-state index is 12.7. The number of carbonyl (C=O) groups is 1. The molecule has 1 aromatic heterocycles. The number of amides is 1. The van der Waals surface area contributed by atoms with E-state index in [1.54, 1.807) is 25.2 Å². The Morgan fingerprint density at radius 2 is 2.14 bits per heavy atom. The highest BCUT2D eigenvalue weighted by atomic mass is 16.5. The summed E-state index contributed by atoms with van der Waals surface area (Å²) in [5.41, 5.74) is 1.50. The molecule has 0 saturated carbocycles. The minimum absolute atomic E-state index is 0.0297. The van der Waals surface area contributed by atoms with Crippen LogP contribution in [0.15, 0.2) is 29.5 Å². The molecule has 3 rings (SSSR count). The molecule has 1 aromatic carbocycles. The number of likely N-dealkylation sites (tertiary alicyclic amines) is 1. The normalized spacial score (nSPS) is 15.1. The molecule has 1 fully saturated rings. The Balaban J connectivity index is 1.68. The number of hydrazone groups is 1. The van der Waals surface area contributed by atoms with Gasteiger partial charge in [-0.2, -0.15) is 5.26 Å². The second-order valence-electron chi connectivity index (χ2n) is 6.86. The lowest BCUT2D eigenvalue weighted by atomic mass is 10.0. The maximum Gasteiger partial charge on any atom is 0.253 e. The molecule has 0 bridgehead atoms. The summed E-state index contributed by atoms with van der Waals surface area (Å²) in [6.07, 6.45) is 3.02. The van der Waals surface area contributed by atoms with E-state index in [0.717, 1.165) is 12.8 Å². The molecule has 1 aliphatic heterocycles. The molecule has 0 atom stereocenters. The number of ether oxygens (including phenoxy) is 1. The Morgan fingerprint density at radius 1 is 1.41 bits per heavy atom. The Labute approximate surface area is 168 Å². The van der Waals surface area contributed by atoms with Gasteiger partial charge in [-0.1, -0.05) is 0 Å². The standard InChI is InChI=1S/C19H24N8O2/c1-26(22)19(25-21)27-5-3-15(4-6-27)24-18(28)14-8-12-7-13(10-20)17(29-2)9-16(12)23-11-14/h7-9,11,15H,3-6,21-22H2,1-2H3,(H,24,28)/b25-19+. The van der Waals surface area contributed by atoms with Crippen LogP contribution < -0.4 is 21.7 Å². The number of aromatic nitrogens is 1. The van der Waals surface area contributed by atoms with Crippen LogP contribution in [0.3, 0.4) is 0 Å². The zero-order chi connectivity index (χ0) is 21.0. The first-order valence-corrected chi connectivity index (χ1v) is 9.16. The van der Waals surface area contributed by atoms with Crippen molar-refractivity contribution in [2.75, 3.05) is 27.2 Å². The summed E-state index contributed by atoms with van der Waals surface area (Å²) in [5, 5.41) is 18.1. The van der Waals surface area contributed by atoms with Crippen LogP contribution in [-0.4, -0.2) is 60.0 Å². The van der Waals surface area contributed by atoms with E-state index in [9.17, 15) is 10.1 Å². The van der Waals surface area contributed by atoms with E-state index in [-0.39, 0.29) is 11.9 Å². The van der Waals surface area contributed by atoms with Gasteiger partial charge in [-0.25, -0.2) is 5.84 Å². The minimum atomic E-state index is -0.198. The van der Waals surface area contributed by atoms with Gasteiger partial charge in [0.15, 0.2) is 0 Å². The van der Waals surface area contributed by atoms with E-state index in [1.807, 2.05) is 4.90 Å². The molecule has 10 heteroatoms. The highest BCUT2D eigenvalue weighted by Crippen LogP contribution is 2.25. The van der Waals surface area contributed by atoms with Gasteiger partial charge in [0.2, 0.25) is 5.96 Å². The van der Waals surface area contributed by atoms with Crippen molar-refractivity contribution in [3.8, 4) is 11.8 Å². The lowest BCUT2D eigenvalue weighted by Crippen LogP contribution is -2.52. The van der Waals surface area contributed by atoms with Gasteiger partial charge < -0.3 is 20.8 Å². The summed E-state index contributed by atoms with van der Waals surface area (Å²) in [6, 6.07) is 7.22. The van der Waals surface area contributed by atoms with Crippen molar-refractivity contribution >= 4 is 22.8 Å². The fraction of sp³-hybridized carbons (Fsp3) is 0.368. The summed E-state index contributed by atoms with van der Waals surface area (Å²) in [5.74, 6) is 11.9.